The van der Waals surface area contributed by atoms with Gasteiger partial charge in [-0.2, -0.15) is 10.4 Å². The minimum Gasteiger partial charge on any atom is -0.437 e. The molecule has 0 aliphatic heterocycles. The Hall–Kier alpha value is -3.07. The van der Waals surface area contributed by atoms with Gasteiger partial charge in [0.15, 0.2) is 0 Å². The van der Waals surface area contributed by atoms with Crippen LogP contribution in [0.15, 0.2) is 30.5 Å². The third-order valence-electron chi connectivity index (χ3n) is 3.25. The highest BCUT2D eigenvalue weighted by molar-refractivity contribution is 5.93. The summed E-state index contributed by atoms with van der Waals surface area (Å²) >= 11 is 0. The van der Waals surface area contributed by atoms with Crippen LogP contribution in [0, 0.1) is 18.3 Å². The number of nitrogens with zero attached hydrogens (tertiary/aromatic N) is 4. The largest absolute Gasteiger partial charge is 0.437 e. The van der Waals surface area contributed by atoms with Crippen molar-refractivity contribution in [3.63, 3.8) is 0 Å². The van der Waals surface area contributed by atoms with Gasteiger partial charge in [0.2, 0.25) is 5.88 Å². The molecule has 0 aliphatic rings. The van der Waals surface area contributed by atoms with Crippen LogP contribution in [0.4, 0.5) is 5.69 Å². The van der Waals surface area contributed by atoms with Crippen molar-refractivity contribution in [1.82, 2.24) is 14.8 Å². The lowest BCUT2D eigenvalue weighted by molar-refractivity contribution is 0.434. The Morgan fingerprint density at radius 2 is 2.14 bits per heavy atom. The van der Waals surface area contributed by atoms with Gasteiger partial charge in [0.25, 0.3) is 0 Å². The monoisotopic (exact) mass is 279 g/mol. The molecule has 6 heteroatoms. The van der Waals surface area contributed by atoms with Gasteiger partial charge in [0.05, 0.1) is 16.9 Å². The molecule has 0 bridgehead atoms. The zero-order valence-corrected chi connectivity index (χ0v) is 11.7. The molecule has 3 rings (SSSR count). The second-order valence-electron chi connectivity index (χ2n) is 4.66. The predicted molar refractivity (Wildman–Crippen MR) is 78.9 cm³/mol. The van der Waals surface area contributed by atoms with Crippen LogP contribution in [0.3, 0.4) is 0 Å². The van der Waals surface area contributed by atoms with Gasteiger partial charge in [0, 0.05) is 18.6 Å². The van der Waals surface area contributed by atoms with Crippen LogP contribution in [-0.4, -0.2) is 14.8 Å². The minimum atomic E-state index is 0.407. The second kappa shape index (κ2) is 4.80. The fourth-order valence-electron chi connectivity index (χ4n) is 2.24. The van der Waals surface area contributed by atoms with Crippen LogP contribution in [-0.2, 0) is 7.05 Å². The molecule has 3 aromatic rings. The van der Waals surface area contributed by atoms with Gasteiger partial charge in [-0.1, -0.05) is 0 Å². The molecule has 0 fully saturated rings. The first-order chi connectivity index (χ1) is 10.1. The number of nitrogens with two attached hydrogens (primary N) is 1. The van der Waals surface area contributed by atoms with E-state index in [1.54, 1.807) is 37.0 Å². The van der Waals surface area contributed by atoms with E-state index in [9.17, 15) is 5.26 Å². The molecule has 104 valence electrons. The number of aryl methyl sites for hydroxylation is 2. The van der Waals surface area contributed by atoms with Crippen LogP contribution in [0.2, 0.25) is 0 Å². The van der Waals surface area contributed by atoms with Crippen molar-refractivity contribution < 1.29 is 4.74 Å². The highest BCUT2D eigenvalue weighted by Crippen LogP contribution is 2.33. The number of pyridine rings is 1. The zero-order valence-electron chi connectivity index (χ0n) is 11.7. The first kappa shape index (κ1) is 12.9. The minimum absolute atomic E-state index is 0.407. The zero-order chi connectivity index (χ0) is 15.0. The van der Waals surface area contributed by atoms with E-state index in [1.807, 2.05) is 12.1 Å². The maximum Gasteiger partial charge on any atom is 0.235 e. The molecule has 0 amide bonds. The smallest absolute Gasteiger partial charge is 0.235 e. The van der Waals surface area contributed by atoms with Gasteiger partial charge in [-0.25, -0.2) is 4.68 Å². The van der Waals surface area contributed by atoms with Crippen molar-refractivity contribution in [1.29, 1.82) is 5.26 Å². The molecule has 0 aliphatic carbocycles. The van der Waals surface area contributed by atoms with Gasteiger partial charge in [-0.3, -0.25) is 4.98 Å². The van der Waals surface area contributed by atoms with E-state index in [2.05, 4.69) is 16.2 Å². The third kappa shape index (κ3) is 2.05. The Morgan fingerprint density at radius 1 is 1.33 bits per heavy atom. The normalized spacial score (nSPS) is 10.5. The topological polar surface area (TPSA) is 89.8 Å². The van der Waals surface area contributed by atoms with E-state index in [1.165, 1.54) is 0 Å². The van der Waals surface area contributed by atoms with Crippen molar-refractivity contribution in [2.24, 2.45) is 7.05 Å². The highest BCUT2D eigenvalue weighted by Gasteiger charge is 2.16. The predicted octanol–water partition coefficient (Wildman–Crippen LogP) is 2.52. The van der Waals surface area contributed by atoms with Gasteiger partial charge in [-0.15, -0.1) is 0 Å². The molecular formula is C15H13N5O. The van der Waals surface area contributed by atoms with Crippen LogP contribution in [0.5, 0.6) is 11.6 Å². The Kier molecular flexibility index (Phi) is 2.95. The van der Waals surface area contributed by atoms with Crippen molar-refractivity contribution in [2.45, 2.75) is 6.92 Å². The molecule has 1 aromatic carbocycles. The highest BCUT2D eigenvalue weighted by atomic mass is 16.5. The summed E-state index contributed by atoms with van der Waals surface area (Å²) in [5.74, 6) is 0.997. The summed E-state index contributed by atoms with van der Waals surface area (Å²) in [6.45, 7) is 1.77. The summed E-state index contributed by atoms with van der Waals surface area (Å²) in [7, 11) is 1.74. The number of hydrogen-bond donors (Lipinski definition) is 1. The summed E-state index contributed by atoms with van der Waals surface area (Å²) in [6, 6.07) is 9.31. The number of rotatable bonds is 2. The van der Waals surface area contributed by atoms with E-state index in [0.29, 0.717) is 34.1 Å². The lowest BCUT2D eigenvalue weighted by Gasteiger charge is -2.10. The lowest BCUT2D eigenvalue weighted by atomic mass is 10.1. The molecule has 0 saturated heterocycles. The second-order valence-corrected chi connectivity index (χ2v) is 4.66. The average molecular weight is 279 g/mol. The van der Waals surface area contributed by atoms with Gasteiger partial charge >= 0.3 is 0 Å². The molecule has 2 heterocycles. The van der Waals surface area contributed by atoms with Crippen LogP contribution < -0.4 is 10.5 Å². The lowest BCUT2D eigenvalue weighted by Crippen LogP contribution is -1.98. The molecule has 0 atom stereocenters. The van der Waals surface area contributed by atoms with E-state index in [4.69, 9.17) is 10.5 Å². The fourth-order valence-corrected chi connectivity index (χ4v) is 2.24. The van der Waals surface area contributed by atoms with Crippen molar-refractivity contribution in [3.05, 3.63) is 41.7 Å². The molecule has 0 saturated carbocycles. The fraction of sp³-hybridized carbons (Fsp3) is 0.133. The average Bonchev–Trinajstić information content (AvgIpc) is 2.76. The number of aromatic nitrogens is 3. The Morgan fingerprint density at radius 3 is 2.90 bits per heavy atom. The van der Waals surface area contributed by atoms with Crippen molar-refractivity contribution in [3.8, 4) is 17.7 Å². The summed E-state index contributed by atoms with van der Waals surface area (Å²) in [6.07, 6.45) is 1.68. The van der Waals surface area contributed by atoms with Gasteiger partial charge < -0.3 is 10.5 Å². The Labute approximate surface area is 121 Å². The molecule has 0 unspecified atom stereocenters. The van der Waals surface area contributed by atoms with Crippen LogP contribution >= 0.6 is 0 Å². The molecule has 6 nitrogen and oxygen atoms in total. The van der Waals surface area contributed by atoms with E-state index >= 15 is 0 Å². The van der Waals surface area contributed by atoms with E-state index in [0.717, 1.165) is 5.39 Å². The molecule has 0 radical (unpaired) electrons. The molecule has 2 aromatic heterocycles. The molecule has 2 N–H and O–H groups in total. The van der Waals surface area contributed by atoms with Gasteiger partial charge in [-0.05, 0) is 31.2 Å². The summed E-state index contributed by atoms with van der Waals surface area (Å²) in [5, 5.41) is 14.2. The number of nitrogen functional groups attached to an aromatic ring is 1. The maximum atomic E-state index is 9.23. The van der Waals surface area contributed by atoms with Crippen molar-refractivity contribution in [2.75, 3.05) is 5.73 Å². The number of benzene rings is 1. The summed E-state index contributed by atoms with van der Waals surface area (Å²) < 4.78 is 7.45. The van der Waals surface area contributed by atoms with E-state index < -0.39 is 0 Å². The van der Waals surface area contributed by atoms with Crippen LogP contribution in [0.1, 0.15) is 11.3 Å². The Bertz CT molecular complexity index is 876. The number of nitriles is 1. The van der Waals surface area contributed by atoms with Crippen molar-refractivity contribution >= 4 is 16.6 Å². The number of ether oxygens (including phenoxy) is 1. The standard InChI is InChI=1S/C15H13N5O/c1-9-11(8-16)15(20(2)19-9)21-13-6-5-12(17)14-10(13)4-3-7-18-14/h3-7H,17H2,1-2H3. The molecular weight excluding hydrogens is 266 g/mol. The Balaban J connectivity index is 2.16. The maximum absolute atomic E-state index is 9.23. The van der Waals surface area contributed by atoms with Crippen LogP contribution in [0.25, 0.3) is 10.9 Å². The number of anilines is 1. The first-order valence-corrected chi connectivity index (χ1v) is 6.36. The summed E-state index contributed by atoms with van der Waals surface area (Å²) in [4.78, 5) is 4.26. The number of fused-ring (bicyclic) bond motifs is 1. The molecule has 0 spiro atoms. The third-order valence-corrected chi connectivity index (χ3v) is 3.25. The molecule has 21 heavy (non-hydrogen) atoms. The van der Waals surface area contributed by atoms with Gasteiger partial charge in [0.1, 0.15) is 17.4 Å². The SMILES string of the molecule is Cc1nn(C)c(Oc2ccc(N)c3ncccc23)c1C#N. The number of hydrogen-bond acceptors (Lipinski definition) is 5. The van der Waals surface area contributed by atoms with E-state index in [-0.39, 0.29) is 0 Å². The quantitative estimate of drug-likeness (QED) is 0.728. The first-order valence-electron chi connectivity index (χ1n) is 6.36. The summed E-state index contributed by atoms with van der Waals surface area (Å²) in [5.41, 5.74) is 8.23.